The largest absolute Gasteiger partial charge is 0.322 e. The molecule has 1 atom stereocenters. The molecule has 0 bridgehead atoms. The molecule has 1 aromatic rings. The SMILES string of the molecule is Cc1cccc(NC(=O)N2CCN(C3CCNC3)CC2)c1. The van der Waals surface area contributed by atoms with E-state index in [2.05, 4.69) is 15.5 Å². The van der Waals surface area contributed by atoms with Crippen LogP contribution < -0.4 is 10.6 Å². The highest BCUT2D eigenvalue weighted by atomic mass is 16.2. The van der Waals surface area contributed by atoms with Crippen molar-refractivity contribution in [3.63, 3.8) is 0 Å². The number of hydrogen-bond acceptors (Lipinski definition) is 3. The fourth-order valence-corrected chi connectivity index (χ4v) is 3.17. The normalized spacial score (nSPS) is 23.3. The Morgan fingerprint density at radius 1 is 1.29 bits per heavy atom. The van der Waals surface area contributed by atoms with E-state index >= 15 is 0 Å². The Kier molecular flexibility index (Phi) is 4.41. The van der Waals surface area contributed by atoms with Crippen molar-refractivity contribution >= 4 is 11.7 Å². The monoisotopic (exact) mass is 288 g/mol. The number of benzene rings is 1. The fraction of sp³-hybridized carbons (Fsp3) is 0.562. The van der Waals surface area contributed by atoms with Crippen LogP contribution >= 0.6 is 0 Å². The number of nitrogens with zero attached hydrogens (tertiary/aromatic N) is 2. The van der Waals surface area contributed by atoms with Crippen molar-refractivity contribution in [1.29, 1.82) is 0 Å². The Hall–Kier alpha value is -1.59. The summed E-state index contributed by atoms with van der Waals surface area (Å²) in [5.74, 6) is 0. The summed E-state index contributed by atoms with van der Waals surface area (Å²) in [6.45, 7) is 7.84. The van der Waals surface area contributed by atoms with Crippen LogP contribution in [0.1, 0.15) is 12.0 Å². The number of amides is 2. The molecule has 2 aliphatic heterocycles. The van der Waals surface area contributed by atoms with Gasteiger partial charge in [0.1, 0.15) is 0 Å². The Balaban J connectivity index is 1.50. The van der Waals surface area contributed by atoms with Crippen molar-refractivity contribution in [2.24, 2.45) is 0 Å². The molecule has 5 nitrogen and oxygen atoms in total. The van der Waals surface area contributed by atoms with E-state index in [1.165, 1.54) is 6.42 Å². The van der Waals surface area contributed by atoms with Gasteiger partial charge in [-0.25, -0.2) is 4.79 Å². The molecule has 0 radical (unpaired) electrons. The van der Waals surface area contributed by atoms with Crippen LogP contribution in [-0.4, -0.2) is 61.1 Å². The smallest absolute Gasteiger partial charge is 0.321 e. The molecular formula is C16H24N4O. The van der Waals surface area contributed by atoms with Crippen LogP contribution in [-0.2, 0) is 0 Å². The molecule has 2 aliphatic rings. The van der Waals surface area contributed by atoms with Crippen LogP contribution in [0.15, 0.2) is 24.3 Å². The molecule has 2 N–H and O–H groups in total. The Labute approximate surface area is 126 Å². The first-order chi connectivity index (χ1) is 10.2. The number of aryl methyl sites for hydroxylation is 1. The molecule has 2 saturated heterocycles. The van der Waals surface area contributed by atoms with Gasteiger partial charge in [-0.05, 0) is 37.6 Å². The number of hydrogen-bond donors (Lipinski definition) is 2. The van der Waals surface area contributed by atoms with Gasteiger partial charge in [-0.3, -0.25) is 4.90 Å². The zero-order chi connectivity index (χ0) is 14.7. The Morgan fingerprint density at radius 2 is 2.10 bits per heavy atom. The minimum absolute atomic E-state index is 0.0183. The summed E-state index contributed by atoms with van der Waals surface area (Å²) in [7, 11) is 0. The standard InChI is InChI=1S/C16H24N4O/c1-13-3-2-4-14(11-13)18-16(21)20-9-7-19(8-10-20)15-5-6-17-12-15/h2-4,11,15,17H,5-10,12H2,1H3,(H,18,21). The van der Waals surface area contributed by atoms with Crippen LogP contribution in [0.2, 0.25) is 0 Å². The molecule has 0 aliphatic carbocycles. The minimum atomic E-state index is 0.0183. The van der Waals surface area contributed by atoms with Crippen molar-refractivity contribution in [3.05, 3.63) is 29.8 Å². The summed E-state index contributed by atoms with van der Waals surface area (Å²) in [4.78, 5) is 16.7. The fourth-order valence-electron chi connectivity index (χ4n) is 3.17. The summed E-state index contributed by atoms with van der Waals surface area (Å²) >= 11 is 0. The second-order valence-electron chi connectivity index (χ2n) is 5.97. The average Bonchev–Trinajstić information content (AvgIpc) is 3.01. The highest BCUT2D eigenvalue weighted by molar-refractivity contribution is 5.89. The molecule has 0 saturated carbocycles. The van der Waals surface area contributed by atoms with E-state index in [4.69, 9.17) is 0 Å². The van der Waals surface area contributed by atoms with E-state index in [1.54, 1.807) is 0 Å². The zero-order valence-electron chi connectivity index (χ0n) is 12.6. The van der Waals surface area contributed by atoms with Gasteiger partial charge in [0.15, 0.2) is 0 Å². The second kappa shape index (κ2) is 6.45. The highest BCUT2D eigenvalue weighted by Gasteiger charge is 2.27. The summed E-state index contributed by atoms with van der Waals surface area (Å²) < 4.78 is 0. The predicted octanol–water partition coefficient (Wildman–Crippen LogP) is 1.51. The Morgan fingerprint density at radius 3 is 2.76 bits per heavy atom. The number of urea groups is 1. The topological polar surface area (TPSA) is 47.6 Å². The first-order valence-corrected chi connectivity index (χ1v) is 7.80. The Bertz CT molecular complexity index is 491. The van der Waals surface area contributed by atoms with Crippen LogP contribution in [0.4, 0.5) is 10.5 Å². The van der Waals surface area contributed by atoms with Crippen molar-refractivity contribution in [1.82, 2.24) is 15.1 Å². The van der Waals surface area contributed by atoms with Crippen LogP contribution in [0, 0.1) is 6.92 Å². The molecule has 21 heavy (non-hydrogen) atoms. The summed E-state index contributed by atoms with van der Waals surface area (Å²) in [5, 5.41) is 6.40. The molecule has 0 aromatic heterocycles. The van der Waals surface area contributed by atoms with Gasteiger partial charge < -0.3 is 15.5 Å². The third kappa shape index (κ3) is 3.54. The van der Waals surface area contributed by atoms with Gasteiger partial charge in [-0.15, -0.1) is 0 Å². The van der Waals surface area contributed by atoms with Gasteiger partial charge in [-0.1, -0.05) is 12.1 Å². The van der Waals surface area contributed by atoms with Crippen molar-refractivity contribution < 1.29 is 4.79 Å². The number of rotatable bonds is 2. The van der Waals surface area contributed by atoms with E-state index < -0.39 is 0 Å². The van der Waals surface area contributed by atoms with Crippen LogP contribution in [0.5, 0.6) is 0 Å². The summed E-state index contributed by atoms with van der Waals surface area (Å²) in [6.07, 6.45) is 1.23. The van der Waals surface area contributed by atoms with Crippen LogP contribution in [0.3, 0.4) is 0 Å². The molecule has 2 amide bonds. The van der Waals surface area contributed by atoms with Crippen LogP contribution in [0.25, 0.3) is 0 Å². The predicted molar refractivity (Wildman–Crippen MR) is 84.6 cm³/mol. The van der Waals surface area contributed by atoms with Gasteiger partial charge in [-0.2, -0.15) is 0 Å². The molecular weight excluding hydrogens is 264 g/mol. The number of nitrogens with one attached hydrogen (secondary N) is 2. The second-order valence-corrected chi connectivity index (χ2v) is 5.97. The van der Waals surface area contributed by atoms with E-state index in [0.29, 0.717) is 6.04 Å². The molecule has 3 rings (SSSR count). The van der Waals surface area contributed by atoms with E-state index in [9.17, 15) is 4.79 Å². The molecule has 1 unspecified atom stereocenters. The molecule has 2 fully saturated rings. The molecule has 114 valence electrons. The van der Waals surface area contributed by atoms with Crippen molar-refractivity contribution in [2.45, 2.75) is 19.4 Å². The van der Waals surface area contributed by atoms with Crippen molar-refractivity contribution in [2.75, 3.05) is 44.6 Å². The maximum Gasteiger partial charge on any atom is 0.321 e. The van der Waals surface area contributed by atoms with Gasteiger partial charge in [0, 0.05) is 44.5 Å². The van der Waals surface area contributed by atoms with E-state index in [1.807, 2.05) is 36.1 Å². The zero-order valence-corrected chi connectivity index (χ0v) is 12.6. The number of carbonyl (C=O) groups excluding carboxylic acids is 1. The lowest BCUT2D eigenvalue weighted by Gasteiger charge is -2.37. The lowest BCUT2D eigenvalue weighted by atomic mass is 10.2. The number of carbonyl (C=O) groups is 1. The quantitative estimate of drug-likeness (QED) is 0.867. The lowest BCUT2D eigenvalue weighted by molar-refractivity contribution is 0.119. The van der Waals surface area contributed by atoms with Crippen molar-refractivity contribution in [3.8, 4) is 0 Å². The molecule has 5 heteroatoms. The maximum absolute atomic E-state index is 12.3. The van der Waals surface area contributed by atoms with E-state index in [0.717, 1.165) is 50.5 Å². The summed E-state index contributed by atoms with van der Waals surface area (Å²) in [6, 6.07) is 8.61. The highest BCUT2D eigenvalue weighted by Crippen LogP contribution is 2.14. The molecule has 0 spiro atoms. The summed E-state index contributed by atoms with van der Waals surface area (Å²) in [5.41, 5.74) is 2.04. The first-order valence-electron chi connectivity index (χ1n) is 7.80. The third-order valence-electron chi connectivity index (χ3n) is 4.42. The average molecular weight is 288 g/mol. The van der Waals surface area contributed by atoms with E-state index in [-0.39, 0.29) is 6.03 Å². The minimum Gasteiger partial charge on any atom is -0.322 e. The van der Waals surface area contributed by atoms with Gasteiger partial charge in [0.25, 0.3) is 0 Å². The first kappa shape index (κ1) is 14.4. The number of piperazine rings is 1. The van der Waals surface area contributed by atoms with Gasteiger partial charge in [0.05, 0.1) is 0 Å². The molecule has 2 heterocycles. The third-order valence-corrected chi connectivity index (χ3v) is 4.42. The van der Waals surface area contributed by atoms with Gasteiger partial charge in [0.2, 0.25) is 0 Å². The number of anilines is 1. The lowest BCUT2D eigenvalue weighted by Crippen LogP contribution is -2.53. The van der Waals surface area contributed by atoms with Gasteiger partial charge >= 0.3 is 6.03 Å². The molecule has 1 aromatic carbocycles. The maximum atomic E-state index is 12.3.